The number of rotatable bonds is 7. The van der Waals surface area contributed by atoms with Crippen LogP contribution in [0.1, 0.15) is 74.9 Å². The lowest BCUT2D eigenvalue weighted by molar-refractivity contribution is 0.660. The number of anilines is 3. The standard InChI is InChI=1S/C69H55N/c1-67(2)61-20-14-13-19-55(61)56-34-28-51(40-62(56)67)48-25-30-52(31-26-48)70(53-32-37-59-57-35-27-49(45-17-11-8-12-18-45)39-63(57)68(3,4)65(59)42-53)54-33-38-60-58-36-29-50(41-64(58)69(5,6)66(60)43-54)47-23-21-46(22-24-47)44-15-9-7-10-16-44/h7-43H,1-6H3. The van der Waals surface area contributed by atoms with Crippen LogP contribution >= 0.6 is 0 Å². The molecule has 0 aliphatic heterocycles. The predicted octanol–water partition coefficient (Wildman–Crippen LogP) is 18.7. The first kappa shape index (κ1) is 42.1. The topological polar surface area (TPSA) is 3.24 Å². The van der Waals surface area contributed by atoms with E-state index in [4.69, 9.17) is 0 Å². The van der Waals surface area contributed by atoms with Crippen LogP contribution in [0, 0.1) is 0 Å². The van der Waals surface area contributed by atoms with Crippen LogP contribution in [0.2, 0.25) is 0 Å². The molecule has 0 saturated heterocycles. The fraction of sp³-hybridized carbons (Fsp3) is 0.130. The van der Waals surface area contributed by atoms with E-state index >= 15 is 0 Å². The Balaban J connectivity index is 0.894. The first-order valence-corrected chi connectivity index (χ1v) is 24.9. The van der Waals surface area contributed by atoms with Crippen LogP contribution in [0.15, 0.2) is 224 Å². The van der Waals surface area contributed by atoms with E-state index in [-0.39, 0.29) is 16.2 Å². The zero-order valence-corrected chi connectivity index (χ0v) is 40.8. The van der Waals surface area contributed by atoms with E-state index in [0.29, 0.717) is 0 Å². The number of nitrogens with zero attached hydrogens (tertiary/aromatic N) is 1. The van der Waals surface area contributed by atoms with Gasteiger partial charge in [-0.25, -0.2) is 0 Å². The molecular weight excluding hydrogens is 843 g/mol. The minimum absolute atomic E-state index is 0.0560. The summed E-state index contributed by atoms with van der Waals surface area (Å²) in [5.74, 6) is 0. The third-order valence-corrected chi connectivity index (χ3v) is 16.3. The molecule has 0 saturated carbocycles. The molecule has 1 nitrogen and oxygen atoms in total. The summed E-state index contributed by atoms with van der Waals surface area (Å²) in [5.41, 5.74) is 29.1. The van der Waals surface area contributed by atoms with Crippen LogP contribution in [-0.4, -0.2) is 0 Å². The highest BCUT2D eigenvalue weighted by molar-refractivity contribution is 5.91. The minimum atomic E-state index is -0.213. The van der Waals surface area contributed by atoms with Gasteiger partial charge in [0, 0.05) is 33.3 Å². The molecule has 0 amide bonds. The summed E-state index contributed by atoms with van der Waals surface area (Å²) in [6, 6.07) is 84.2. The van der Waals surface area contributed by atoms with Crippen LogP contribution in [0.25, 0.3) is 77.9 Å². The Hall–Kier alpha value is -8.00. The molecule has 3 aliphatic rings. The van der Waals surface area contributed by atoms with Crippen LogP contribution in [0.5, 0.6) is 0 Å². The van der Waals surface area contributed by atoms with Gasteiger partial charge in [0.1, 0.15) is 0 Å². The normalized spacial score (nSPS) is 14.8. The number of hydrogen-bond donors (Lipinski definition) is 0. The second kappa shape index (κ2) is 15.5. The van der Waals surface area contributed by atoms with Gasteiger partial charge in [-0.15, -0.1) is 0 Å². The second-order valence-corrected chi connectivity index (χ2v) is 21.4. The van der Waals surface area contributed by atoms with Crippen LogP contribution in [-0.2, 0) is 16.2 Å². The van der Waals surface area contributed by atoms with Crippen molar-refractivity contribution >= 4 is 17.1 Å². The summed E-state index contributed by atoms with van der Waals surface area (Å²) in [4.78, 5) is 2.49. The van der Waals surface area contributed by atoms with Gasteiger partial charge in [-0.05, 0) is 166 Å². The molecule has 3 aliphatic carbocycles. The van der Waals surface area contributed by atoms with Gasteiger partial charge < -0.3 is 4.90 Å². The Kier molecular flexibility index (Phi) is 9.33. The van der Waals surface area contributed by atoms with Gasteiger partial charge in [0.2, 0.25) is 0 Å². The fourth-order valence-electron chi connectivity index (χ4n) is 12.3. The summed E-state index contributed by atoms with van der Waals surface area (Å²) in [6.45, 7) is 14.3. The molecule has 0 spiro atoms. The van der Waals surface area contributed by atoms with Gasteiger partial charge in [-0.1, -0.05) is 211 Å². The van der Waals surface area contributed by atoms with E-state index in [1.165, 1.54) is 111 Å². The van der Waals surface area contributed by atoms with Crippen molar-refractivity contribution in [1.82, 2.24) is 0 Å². The summed E-state index contributed by atoms with van der Waals surface area (Å²) in [6.07, 6.45) is 0. The first-order valence-electron chi connectivity index (χ1n) is 24.9. The van der Waals surface area contributed by atoms with Gasteiger partial charge in [0.25, 0.3) is 0 Å². The molecule has 10 aromatic rings. The molecule has 0 radical (unpaired) electrons. The highest BCUT2D eigenvalue weighted by atomic mass is 15.1. The third kappa shape index (κ3) is 6.45. The summed E-state index contributed by atoms with van der Waals surface area (Å²) >= 11 is 0. The molecule has 13 rings (SSSR count). The second-order valence-electron chi connectivity index (χ2n) is 21.4. The van der Waals surface area contributed by atoms with Crippen molar-refractivity contribution in [2.24, 2.45) is 0 Å². The SMILES string of the molecule is CC1(C)c2ccccc2-c2ccc(-c3ccc(N(c4ccc5c(c4)C(C)(C)c4cc(-c6ccccc6)ccc4-5)c4ccc5c(c4)C(C)(C)c4cc(-c6ccc(-c7ccccc7)cc6)ccc4-5)cc3)cc21. The molecule has 336 valence electrons. The Morgan fingerprint density at radius 2 is 0.486 bits per heavy atom. The van der Waals surface area contributed by atoms with Crippen molar-refractivity contribution < 1.29 is 0 Å². The Morgan fingerprint density at radius 3 is 0.929 bits per heavy atom. The van der Waals surface area contributed by atoms with Crippen LogP contribution in [0.4, 0.5) is 17.1 Å². The van der Waals surface area contributed by atoms with Crippen LogP contribution < -0.4 is 4.90 Å². The van der Waals surface area contributed by atoms with Gasteiger partial charge >= 0.3 is 0 Å². The molecule has 0 heterocycles. The third-order valence-electron chi connectivity index (χ3n) is 16.3. The summed E-state index contributed by atoms with van der Waals surface area (Å²) in [5, 5.41) is 0. The lowest BCUT2D eigenvalue weighted by Crippen LogP contribution is -2.18. The molecule has 0 atom stereocenters. The Morgan fingerprint density at radius 1 is 0.214 bits per heavy atom. The van der Waals surface area contributed by atoms with E-state index in [9.17, 15) is 0 Å². The smallest absolute Gasteiger partial charge is 0.0465 e. The maximum Gasteiger partial charge on any atom is 0.0465 e. The maximum atomic E-state index is 2.49. The molecule has 0 N–H and O–H groups in total. The first-order chi connectivity index (χ1) is 33.9. The van der Waals surface area contributed by atoms with E-state index in [2.05, 4.69) is 271 Å². The van der Waals surface area contributed by atoms with E-state index in [1.807, 2.05) is 0 Å². The van der Waals surface area contributed by atoms with Gasteiger partial charge in [0.05, 0.1) is 0 Å². The average Bonchev–Trinajstić information content (AvgIpc) is 3.88. The fourth-order valence-corrected chi connectivity index (χ4v) is 12.3. The monoisotopic (exact) mass is 897 g/mol. The molecule has 70 heavy (non-hydrogen) atoms. The number of hydrogen-bond acceptors (Lipinski definition) is 1. The van der Waals surface area contributed by atoms with E-state index < -0.39 is 0 Å². The van der Waals surface area contributed by atoms with Gasteiger partial charge in [0.15, 0.2) is 0 Å². The van der Waals surface area contributed by atoms with Crippen molar-refractivity contribution in [2.45, 2.75) is 57.8 Å². The zero-order chi connectivity index (χ0) is 47.5. The number of benzene rings is 10. The maximum absolute atomic E-state index is 2.49. The molecule has 0 unspecified atom stereocenters. The predicted molar refractivity (Wildman–Crippen MR) is 296 cm³/mol. The lowest BCUT2D eigenvalue weighted by Gasteiger charge is -2.30. The van der Waals surface area contributed by atoms with Crippen molar-refractivity contribution in [2.75, 3.05) is 4.90 Å². The number of fused-ring (bicyclic) bond motifs is 9. The summed E-state index contributed by atoms with van der Waals surface area (Å²) < 4.78 is 0. The van der Waals surface area contributed by atoms with Gasteiger partial charge in [-0.3, -0.25) is 0 Å². The Bertz CT molecular complexity index is 3700. The molecule has 0 bridgehead atoms. The average molecular weight is 898 g/mol. The molecule has 0 aromatic heterocycles. The van der Waals surface area contributed by atoms with Crippen LogP contribution in [0.3, 0.4) is 0 Å². The molecular formula is C69H55N. The van der Waals surface area contributed by atoms with E-state index in [1.54, 1.807) is 0 Å². The highest BCUT2D eigenvalue weighted by Crippen LogP contribution is 2.55. The molecule has 1 heteroatoms. The zero-order valence-electron chi connectivity index (χ0n) is 40.8. The van der Waals surface area contributed by atoms with Crippen molar-refractivity contribution in [3.05, 3.63) is 258 Å². The highest BCUT2D eigenvalue weighted by Gasteiger charge is 2.39. The van der Waals surface area contributed by atoms with Crippen molar-refractivity contribution in [3.63, 3.8) is 0 Å². The van der Waals surface area contributed by atoms with Gasteiger partial charge in [-0.2, -0.15) is 0 Å². The molecule has 10 aromatic carbocycles. The molecule has 0 fully saturated rings. The summed E-state index contributed by atoms with van der Waals surface area (Å²) in [7, 11) is 0. The lowest BCUT2D eigenvalue weighted by atomic mass is 9.81. The Labute approximate surface area is 413 Å². The van der Waals surface area contributed by atoms with Crippen molar-refractivity contribution in [3.8, 4) is 77.9 Å². The minimum Gasteiger partial charge on any atom is -0.310 e. The van der Waals surface area contributed by atoms with Crippen molar-refractivity contribution in [1.29, 1.82) is 0 Å². The van der Waals surface area contributed by atoms with E-state index in [0.717, 1.165) is 17.1 Å². The largest absolute Gasteiger partial charge is 0.310 e. The quantitative estimate of drug-likeness (QED) is 0.154.